The normalized spacial score (nSPS) is 14.4. The summed E-state index contributed by atoms with van der Waals surface area (Å²) < 4.78 is 5.87. The Morgan fingerprint density at radius 1 is 1.06 bits per heavy atom. The van der Waals surface area contributed by atoms with E-state index in [1.54, 1.807) is 6.07 Å². The fourth-order valence-corrected chi connectivity index (χ4v) is 2.12. The van der Waals surface area contributed by atoms with Gasteiger partial charge in [0.05, 0.1) is 0 Å². The average Bonchev–Trinajstić information content (AvgIpc) is 3.23. The molecular formula is C16H16O2. The van der Waals surface area contributed by atoms with Crippen molar-refractivity contribution in [3.05, 3.63) is 59.7 Å². The van der Waals surface area contributed by atoms with Crippen molar-refractivity contribution in [3.8, 4) is 11.5 Å². The summed E-state index contributed by atoms with van der Waals surface area (Å²) in [6, 6.07) is 15.5. The molecule has 1 aliphatic carbocycles. The Bertz CT molecular complexity index is 530. The molecule has 0 saturated heterocycles. The van der Waals surface area contributed by atoms with E-state index in [4.69, 9.17) is 4.74 Å². The second-order valence-electron chi connectivity index (χ2n) is 4.77. The second-order valence-corrected chi connectivity index (χ2v) is 4.77. The van der Waals surface area contributed by atoms with Gasteiger partial charge in [-0.25, -0.2) is 0 Å². The molecule has 1 N–H and O–H groups in total. The monoisotopic (exact) mass is 240 g/mol. The topological polar surface area (TPSA) is 29.5 Å². The molecule has 2 nitrogen and oxygen atoms in total. The Balaban J connectivity index is 1.76. The maximum absolute atomic E-state index is 9.54. The van der Waals surface area contributed by atoms with Crippen LogP contribution in [-0.2, 0) is 6.61 Å². The van der Waals surface area contributed by atoms with Crippen LogP contribution >= 0.6 is 0 Å². The van der Waals surface area contributed by atoms with Gasteiger partial charge in [-0.15, -0.1) is 0 Å². The molecule has 1 saturated carbocycles. The third kappa shape index (κ3) is 2.48. The Kier molecular flexibility index (Phi) is 2.93. The SMILES string of the molecule is Oc1ccc(OCc2ccccc2)c(C2CC2)c1. The molecule has 0 aliphatic heterocycles. The van der Waals surface area contributed by atoms with E-state index in [0.29, 0.717) is 18.3 Å². The minimum Gasteiger partial charge on any atom is -0.508 e. The summed E-state index contributed by atoms with van der Waals surface area (Å²) >= 11 is 0. The lowest BCUT2D eigenvalue weighted by Gasteiger charge is -2.11. The van der Waals surface area contributed by atoms with Crippen LogP contribution in [0.1, 0.15) is 29.9 Å². The van der Waals surface area contributed by atoms with E-state index in [0.717, 1.165) is 16.9 Å². The molecule has 0 amide bonds. The van der Waals surface area contributed by atoms with Crippen LogP contribution in [0, 0.1) is 0 Å². The van der Waals surface area contributed by atoms with E-state index in [1.165, 1.54) is 12.8 Å². The second kappa shape index (κ2) is 4.73. The van der Waals surface area contributed by atoms with E-state index >= 15 is 0 Å². The minimum absolute atomic E-state index is 0.323. The first kappa shape index (κ1) is 11.1. The molecule has 2 heteroatoms. The lowest BCUT2D eigenvalue weighted by atomic mass is 10.1. The number of rotatable bonds is 4. The van der Waals surface area contributed by atoms with Gasteiger partial charge in [0, 0.05) is 5.56 Å². The van der Waals surface area contributed by atoms with Gasteiger partial charge in [0.25, 0.3) is 0 Å². The van der Waals surface area contributed by atoms with Crippen molar-refractivity contribution in [1.29, 1.82) is 0 Å². The number of benzene rings is 2. The molecule has 1 aliphatic rings. The van der Waals surface area contributed by atoms with Gasteiger partial charge in [0.2, 0.25) is 0 Å². The lowest BCUT2D eigenvalue weighted by molar-refractivity contribution is 0.302. The largest absolute Gasteiger partial charge is 0.508 e. The zero-order valence-electron chi connectivity index (χ0n) is 10.2. The molecule has 18 heavy (non-hydrogen) atoms. The van der Waals surface area contributed by atoms with Crippen molar-refractivity contribution < 1.29 is 9.84 Å². The van der Waals surface area contributed by atoms with Crippen LogP contribution in [-0.4, -0.2) is 5.11 Å². The molecule has 3 rings (SSSR count). The molecule has 0 unspecified atom stereocenters. The molecule has 2 aromatic carbocycles. The lowest BCUT2D eigenvalue weighted by Crippen LogP contribution is -1.97. The predicted octanol–water partition coefficient (Wildman–Crippen LogP) is 3.85. The van der Waals surface area contributed by atoms with E-state index in [9.17, 15) is 5.11 Å². The van der Waals surface area contributed by atoms with Gasteiger partial charge in [0.15, 0.2) is 0 Å². The zero-order chi connectivity index (χ0) is 12.4. The van der Waals surface area contributed by atoms with Crippen molar-refractivity contribution in [2.75, 3.05) is 0 Å². The fraction of sp³-hybridized carbons (Fsp3) is 0.250. The summed E-state index contributed by atoms with van der Waals surface area (Å²) in [6.07, 6.45) is 2.40. The highest BCUT2D eigenvalue weighted by Gasteiger charge is 2.27. The Morgan fingerprint density at radius 3 is 2.56 bits per heavy atom. The number of phenolic OH excluding ortho intramolecular Hbond substituents is 1. The predicted molar refractivity (Wildman–Crippen MR) is 70.9 cm³/mol. The van der Waals surface area contributed by atoms with Crippen LogP contribution in [0.2, 0.25) is 0 Å². The van der Waals surface area contributed by atoms with Gasteiger partial charge < -0.3 is 9.84 Å². The molecule has 0 atom stereocenters. The first-order chi connectivity index (χ1) is 8.83. The van der Waals surface area contributed by atoms with Crippen LogP contribution < -0.4 is 4.74 Å². The minimum atomic E-state index is 0.323. The van der Waals surface area contributed by atoms with Gasteiger partial charge >= 0.3 is 0 Å². The highest BCUT2D eigenvalue weighted by molar-refractivity contribution is 5.43. The van der Waals surface area contributed by atoms with Crippen LogP contribution in [0.5, 0.6) is 11.5 Å². The summed E-state index contributed by atoms with van der Waals surface area (Å²) in [4.78, 5) is 0. The summed E-state index contributed by atoms with van der Waals surface area (Å²) in [5.41, 5.74) is 2.30. The van der Waals surface area contributed by atoms with E-state index in [1.807, 2.05) is 30.3 Å². The Hall–Kier alpha value is -1.96. The zero-order valence-corrected chi connectivity index (χ0v) is 10.2. The molecule has 0 aromatic heterocycles. The quantitative estimate of drug-likeness (QED) is 0.879. The third-order valence-electron chi connectivity index (χ3n) is 3.25. The molecule has 0 radical (unpaired) electrons. The van der Waals surface area contributed by atoms with Gasteiger partial charge in [-0.2, -0.15) is 0 Å². The highest BCUT2D eigenvalue weighted by Crippen LogP contribution is 2.45. The van der Waals surface area contributed by atoms with Crippen molar-refractivity contribution in [2.24, 2.45) is 0 Å². The number of ether oxygens (including phenoxy) is 1. The van der Waals surface area contributed by atoms with Gasteiger partial charge in [0.1, 0.15) is 18.1 Å². The molecule has 1 fully saturated rings. The first-order valence-corrected chi connectivity index (χ1v) is 6.32. The van der Waals surface area contributed by atoms with E-state index < -0.39 is 0 Å². The number of hydrogen-bond acceptors (Lipinski definition) is 2. The van der Waals surface area contributed by atoms with Crippen molar-refractivity contribution in [2.45, 2.75) is 25.4 Å². The summed E-state index contributed by atoms with van der Waals surface area (Å²) in [5, 5.41) is 9.54. The molecule has 2 aromatic rings. The van der Waals surface area contributed by atoms with Crippen molar-refractivity contribution >= 4 is 0 Å². The van der Waals surface area contributed by atoms with Gasteiger partial charge in [-0.3, -0.25) is 0 Å². The van der Waals surface area contributed by atoms with Gasteiger partial charge in [-0.1, -0.05) is 30.3 Å². The summed E-state index contributed by atoms with van der Waals surface area (Å²) in [6.45, 7) is 0.575. The Morgan fingerprint density at radius 2 is 1.83 bits per heavy atom. The first-order valence-electron chi connectivity index (χ1n) is 6.32. The third-order valence-corrected chi connectivity index (χ3v) is 3.25. The maximum atomic E-state index is 9.54. The van der Waals surface area contributed by atoms with Crippen LogP contribution in [0.3, 0.4) is 0 Å². The van der Waals surface area contributed by atoms with Crippen LogP contribution in [0.4, 0.5) is 0 Å². The summed E-state index contributed by atoms with van der Waals surface area (Å²) in [5.74, 6) is 1.80. The molecular weight excluding hydrogens is 224 g/mol. The van der Waals surface area contributed by atoms with E-state index in [2.05, 4.69) is 12.1 Å². The maximum Gasteiger partial charge on any atom is 0.123 e. The van der Waals surface area contributed by atoms with E-state index in [-0.39, 0.29) is 0 Å². The molecule has 0 heterocycles. The fourth-order valence-electron chi connectivity index (χ4n) is 2.12. The smallest absolute Gasteiger partial charge is 0.123 e. The van der Waals surface area contributed by atoms with Crippen LogP contribution in [0.25, 0.3) is 0 Å². The number of phenols is 1. The van der Waals surface area contributed by atoms with Crippen LogP contribution in [0.15, 0.2) is 48.5 Å². The standard InChI is InChI=1S/C16H16O2/c17-14-8-9-16(15(10-14)13-6-7-13)18-11-12-4-2-1-3-5-12/h1-5,8-10,13,17H,6-7,11H2. The van der Waals surface area contributed by atoms with Crippen molar-refractivity contribution in [1.82, 2.24) is 0 Å². The molecule has 92 valence electrons. The average molecular weight is 240 g/mol. The number of hydrogen-bond donors (Lipinski definition) is 1. The van der Waals surface area contributed by atoms with Gasteiger partial charge in [-0.05, 0) is 42.5 Å². The Labute approximate surface area is 107 Å². The van der Waals surface area contributed by atoms with Crippen molar-refractivity contribution in [3.63, 3.8) is 0 Å². The highest BCUT2D eigenvalue weighted by atomic mass is 16.5. The summed E-state index contributed by atoms with van der Waals surface area (Å²) in [7, 11) is 0. The molecule has 0 spiro atoms. The number of aromatic hydroxyl groups is 1. The molecule has 0 bridgehead atoms.